The first-order valence-corrected chi connectivity index (χ1v) is 6.22. The molecule has 1 aliphatic rings. The molecular weight excluding hydrogens is 273 g/mol. The third-order valence-corrected chi connectivity index (χ3v) is 3.03. The van der Waals surface area contributed by atoms with Crippen molar-refractivity contribution in [2.24, 2.45) is 0 Å². The molecule has 0 atom stereocenters. The summed E-state index contributed by atoms with van der Waals surface area (Å²) in [6.07, 6.45) is -4.98. The van der Waals surface area contributed by atoms with E-state index in [-0.39, 0.29) is 13.3 Å². The Morgan fingerprint density at radius 3 is 2.80 bits per heavy atom. The molecule has 2 rings (SSSR count). The average molecular weight is 290 g/mol. The quantitative estimate of drug-likeness (QED) is 0.866. The van der Waals surface area contributed by atoms with Crippen LogP contribution in [0.2, 0.25) is 0 Å². The molecule has 0 amide bonds. The van der Waals surface area contributed by atoms with Gasteiger partial charge in [-0.1, -0.05) is 0 Å². The van der Waals surface area contributed by atoms with Crippen LogP contribution < -0.4 is 10.5 Å². The highest BCUT2D eigenvalue weighted by molar-refractivity contribution is 5.53. The molecule has 1 heterocycles. The molecule has 112 valence electrons. The zero-order valence-corrected chi connectivity index (χ0v) is 11.2. The molecule has 0 bridgehead atoms. The van der Waals surface area contributed by atoms with Gasteiger partial charge < -0.3 is 20.1 Å². The number of alkyl halides is 3. The molecule has 0 unspecified atom stereocenters. The Balaban J connectivity index is 2.07. The molecule has 0 aliphatic carbocycles. The zero-order valence-electron chi connectivity index (χ0n) is 11.2. The fraction of sp³-hybridized carbons (Fsp3) is 0.538. The number of hydrogen-bond acceptors (Lipinski definition) is 4. The molecule has 0 radical (unpaired) electrons. The minimum Gasteiger partial charge on any atom is -0.467 e. The van der Waals surface area contributed by atoms with E-state index in [1.165, 1.54) is 0 Å². The largest absolute Gasteiger partial charge is 0.467 e. The van der Waals surface area contributed by atoms with E-state index in [4.69, 9.17) is 15.2 Å². The molecule has 0 spiro atoms. The summed E-state index contributed by atoms with van der Waals surface area (Å²) < 4.78 is 47.2. The number of rotatable bonds is 4. The van der Waals surface area contributed by atoms with Crippen LogP contribution >= 0.6 is 0 Å². The highest BCUT2D eigenvalue weighted by atomic mass is 19.4. The van der Waals surface area contributed by atoms with Gasteiger partial charge in [-0.25, -0.2) is 0 Å². The van der Waals surface area contributed by atoms with Crippen molar-refractivity contribution >= 4 is 5.69 Å². The number of ether oxygens (including phenoxy) is 2. The van der Waals surface area contributed by atoms with Crippen molar-refractivity contribution in [3.63, 3.8) is 0 Å². The van der Waals surface area contributed by atoms with Crippen LogP contribution in [0.1, 0.15) is 17.5 Å². The van der Waals surface area contributed by atoms with Crippen LogP contribution in [-0.4, -0.2) is 31.5 Å². The van der Waals surface area contributed by atoms with Gasteiger partial charge in [0.1, 0.15) is 5.75 Å². The number of nitrogens with two attached hydrogens (primary N) is 1. The minimum absolute atomic E-state index is 0.0659. The van der Waals surface area contributed by atoms with E-state index in [2.05, 4.69) is 0 Å². The Bertz CT molecular complexity index is 477. The van der Waals surface area contributed by atoms with Crippen LogP contribution in [0.3, 0.4) is 0 Å². The second kappa shape index (κ2) is 5.88. The maximum Gasteiger partial charge on any atom is 0.390 e. The molecule has 20 heavy (non-hydrogen) atoms. The number of hydrogen-bond donors (Lipinski definition) is 1. The zero-order chi connectivity index (χ0) is 14.8. The summed E-state index contributed by atoms with van der Waals surface area (Å²) in [6.45, 7) is 0.836. The SMILES string of the molecule is CN(CCC(F)(F)F)Cc1cc(N)cc2c1OCOC2. The van der Waals surface area contributed by atoms with Crippen molar-refractivity contribution in [1.82, 2.24) is 4.90 Å². The van der Waals surface area contributed by atoms with E-state index in [0.29, 0.717) is 24.6 Å². The maximum atomic E-state index is 12.2. The van der Waals surface area contributed by atoms with Gasteiger partial charge >= 0.3 is 6.18 Å². The topological polar surface area (TPSA) is 47.7 Å². The highest BCUT2D eigenvalue weighted by Gasteiger charge is 2.27. The van der Waals surface area contributed by atoms with Gasteiger partial charge in [0.05, 0.1) is 13.0 Å². The van der Waals surface area contributed by atoms with Crippen molar-refractivity contribution in [2.45, 2.75) is 25.7 Å². The van der Waals surface area contributed by atoms with Crippen molar-refractivity contribution < 1.29 is 22.6 Å². The minimum atomic E-state index is -4.15. The fourth-order valence-electron chi connectivity index (χ4n) is 2.13. The summed E-state index contributed by atoms with van der Waals surface area (Å²) in [6, 6.07) is 3.49. The van der Waals surface area contributed by atoms with Crippen molar-refractivity contribution in [1.29, 1.82) is 0 Å². The third kappa shape index (κ3) is 4.01. The summed E-state index contributed by atoms with van der Waals surface area (Å²) in [7, 11) is 1.64. The van der Waals surface area contributed by atoms with Gasteiger partial charge in [-0.3, -0.25) is 0 Å². The third-order valence-electron chi connectivity index (χ3n) is 3.03. The number of nitrogen functional groups attached to an aromatic ring is 1. The number of halogens is 3. The monoisotopic (exact) mass is 290 g/mol. The smallest absolute Gasteiger partial charge is 0.390 e. The molecule has 4 nitrogen and oxygen atoms in total. The summed E-state index contributed by atoms with van der Waals surface area (Å²) in [5.41, 5.74) is 7.96. The van der Waals surface area contributed by atoms with E-state index < -0.39 is 12.6 Å². The van der Waals surface area contributed by atoms with Gasteiger partial charge in [0.15, 0.2) is 6.79 Å². The van der Waals surface area contributed by atoms with Crippen molar-refractivity contribution in [3.05, 3.63) is 23.3 Å². The average Bonchev–Trinajstić information content (AvgIpc) is 2.35. The van der Waals surface area contributed by atoms with Gasteiger partial charge in [-0.05, 0) is 19.2 Å². The summed E-state index contributed by atoms with van der Waals surface area (Å²) >= 11 is 0. The first-order valence-electron chi connectivity index (χ1n) is 6.22. The fourth-order valence-corrected chi connectivity index (χ4v) is 2.13. The molecule has 0 saturated heterocycles. The maximum absolute atomic E-state index is 12.2. The lowest BCUT2D eigenvalue weighted by molar-refractivity contribution is -0.137. The van der Waals surface area contributed by atoms with Crippen LogP contribution in [0.15, 0.2) is 12.1 Å². The van der Waals surface area contributed by atoms with Crippen LogP contribution in [-0.2, 0) is 17.9 Å². The van der Waals surface area contributed by atoms with Crippen molar-refractivity contribution in [2.75, 3.05) is 26.1 Å². The van der Waals surface area contributed by atoms with Crippen molar-refractivity contribution in [3.8, 4) is 5.75 Å². The molecule has 2 N–H and O–H groups in total. The summed E-state index contributed by atoms with van der Waals surface area (Å²) in [4.78, 5) is 1.60. The Morgan fingerprint density at radius 1 is 1.35 bits per heavy atom. The molecule has 7 heteroatoms. The molecule has 1 aromatic carbocycles. The molecule has 1 aromatic rings. The van der Waals surface area contributed by atoms with E-state index in [1.54, 1.807) is 24.1 Å². The predicted molar refractivity (Wildman–Crippen MR) is 68.1 cm³/mol. The molecular formula is C13H17F3N2O2. The van der Waals surface area contributed by atoms with Crippen LogP contribution in [0.5, 0.6) is 5.75 Å². The van der Waals surface area contributed by atoms with Crippen LogP contribution in [0, 0.1) is 0 Å². The number of benzene rings is 1. The number of anilines is 1. The Hall–Kier alpha value is -1.47. The Kier molecular flexibility index (Phi) is 4.39. The molecule has 0 fully saturated rings. The first kappa shape index (κ1) is 14.9. The molecule has 0 saturated carbocycles. The molecule has 1 aliphatic heterocycles. The normalized spacial score (nSPS) is 15.1. The van der Waals surface area contributed by atoms with E-state index in [9.17, 15) is 13.2 Å². The van der Waals surface area contributed by atoms with E-state index in [0.717, 1.165) is 11.1 Å². The van der Waals surface area contributed by atoms with E-state index >= 15 is 0 Å². The predicted octanol–water partition coefficient (Wildman–Crippen LogP) is 2.52. The van der Waals surface area contributed by atoms with E-state index in [1.807, 2.05) is 0 Å². The standard InChI is InChI=1S/C13H17F3N2O2/c1-18(3-2-13(14,15)16)6-9-4-11(17)5-10-7-19-8-20-12(9)10/h4-5H,2-3,6-8,17H2,1H3. The Morgan fingerprint density at radius 2 is 2.10 bits per heavy atom. The summed E-state index contributed by atoms with van der Waals surface area (Å²) in [5.74, 6) is 0.671. The van der Waals surface area contributed by atoms with Gasteiger partial charge in [-0.2, -0.15) is 13.2 Å². The summed E-state index contributed by atoms with van der Waals surface area (Å²) in [5, 5.41) is 0. The first-order chi connectivity index (χ1) is 9.35. The van der Waals surface area contributed by atoms with Crippen LogP contribution in [0.4, 0.5) is 18.9 Å². The molecule has 0 aromatic heterocycles. The highest BCUT2D eigenvalue weighted by Crippen LogP contribution is 2.31. The van der Waals surface area contributed by atoms with Gasteiger partial charge in [0, 0.05) is 29.9 Å². The van der Waals surface area contributed by atoms with Gasteiger partial charge in [0.25, 0.3) is 0 Å². The second-order valence-electron chi connectivity index (χ2n) is 4.88. The van der Waals surface area contributed by atoms with Crippen LogP contribution in [0.25, 0.3) is 0 Å². The second-order valence-corrected chi connectivity index (χ2v) is 4.88. The Labute approximate surface area is 115 Å². The lowest BCUT2D eigenvalue weighted by Gasteiger charge is -2.24. The number of fused-ring (bicyclic) bond motifs is 1. The lowest BCUT2D eigenvalue weighted by atomic mass is 10.1. The number of nitrogens with zero attached hydrogens (tertiary/aromatic N) is 1. The van der Waals surface area contributed by atoms with Gasteiger partial charge in [0.2, 0.25) is 0 Å². The lowest BCUT2D eigenvalue weighted by Crippen LogP contribution is -2.25. The van der Waals surface area contributed by atoms with Gasteiger partial charge in [-0.15, -0.1) is 0 Å².